The zero-order chi connectivity index (χ0) is 14.7. The van der Waals surface area contributed by atoms with Crippen LogP contribution in [0.5, 0.6) is 5.88 Å². The lowest BCUT2D eigenvalue weighted by molar-refractivity contribution is -0.140. The van der Waals surface area contributed by atoms with E-state index in [4.69, 9.17) is 9.84 Å². The number of carbonyl (C=O) groups is 2. The van der Waals surface area contributed by atoms with Gasteiger partial charge in [-0.15, -0.1) is 11.8 Å². The molecule has 2 amide bonds. The number of aliphatic carboxylic acids is 1. The minimum Gasteiger partial charge on any atom is -0.481 e. The molecule has 0 aliphatic carbocycles. The Hall–Kier alpha value is -2.03. The Morgan fingerprint density at radius 3 is 2.95 bits per heavy atom. The lowest BCUT2D eigenvalue weighted by atomic mass is 10.3. The quantitative estimate of drug-likeness (QED) is 0.849. The van der Waals surface area contributed by atoms with E-state index in [1.54, 1.807) is 13.0 Å². The van der Waals surface area contributed by atoms with Crippen LogP contribution in [0, 0.1) is 6.92 Å². The summed E-state index contributed by atoms with van der Waals surface area (Å²) < 4.78 is 4.99. The molecule has 0 bridgehead atoms. The lowest BCUT2D eigenvalue weighted by Crippen LogP contribution is -2.44. The zero-order valence-electron chi connectivity index (χ0n) is 11.0. The Morgan fingerprint density at radius 1 is 1.55 bits per heavy atom. The first kappa shape index (κ1) is 14.4. The number of anilines is 1. The first-order chi connectivity index (χ1) is 9.51. The van der Waals surface area contributed by atoms with E-state index in [-0.39, 0.29) is 5.95 Å². The maximum absolute atomic E-state index is 12.1. The molecule has 9 heteroatoms. The van der Waals surface area contributed by atoms with Crippen molar-refractivity contribution in [1.29, 1.82) is 0 Å². The molecule has 1 atom stereocenters. The molecule has 1 fully saturated rings. The second-order valence-corrected chi connectivity index (χ2v) is 5.13. The minimum absolute atomic E-state index is 0.0906. The van der Waals surface area contributed by atoms with E-state index in [0.29, 0.717) is 23.2 Å². The van der Waals surface area contributed by atoms with Gasteiger partial charge in [0, 0.05) is 17.5 Å². The van der Waals surface area contributed by atoms with Crippen LogP contribution in [0.25, 0.3) is 0 Å². The van der Waals surface area contributed by atoms with Crippen molar-refractivity contribution in [2.45, 2.75) is 13.0 Å². The zero-order valence-corrected chi connectivity index (χ0v) is 11.8. The number of thioether (sulfide) groups is 1. The molecular weight excluding hydrogens is 284 g/mol. The maximum atomic E-state index is 12.1. The topological polar surface area (TPSA) is 105 Å². The van der Waals surface area contributed by atoms with Crippen LogP contribution in [-0.4, -0.2) is 56.8 Å². The molecule has 1 aliphatic heterocycles. The average molecular weight is 298 g/mol. The van der Waals surface area contributed by atoms with Crippen molar-refractivity contribution in [3.05, 3.63) is 11.8 Å². The van der Waals surface area contributed by atoms with Gasteiger partial charge in [-0.1, -0.05) is 0 Å². The van der Waals surface area contributed by atoms with Gasteiger partial charge in [-0.25, -0.2) is 14.6 Å². The van der Waals surface area contributed by atoms with Gasteiger partial charge in [0.1, 0.15) is 6.04 Å². The molecule has 20 heavy (non-hydrogen) atoms. The van der Waals surface area contributed by atoms with E-state index in [0.717, 1.165) is 0 Å². The largest absolute Gasteiger partial charge is 0.481 e. The predicted octanol–water partition coefficient (Wildman–Crippen LogP) is 0.785. The molecule has 0 spiro atoms. The van der Waals surface area contributed by atoms with E-state index >= 15 is 0 Å². The number of methoxy groups -OCH3 is 1. The third-order valence-electron chi connectivity index (χ3n) is 2.69. The van der Waals surface area contributed by atoms with Gasteiger partial charge in [-0.2, -0.15) is 4.98 Å². The second kappa shape index (κ2) is 5.95. The Balaban J connectivity index is 2.11. The molecule has 108 valence electrons. The smallest absolute Gasteiger partial charge is 0.327 e. The van der Waals surface area contributed by atoms with Gasteiger partial charge in [0.15, 0.2) is 0 Å². The Labute approximate surface area is 119 Å². The van der Waals surface area contributed by atoms with E-state index in [9.17, 15) is 9.59 Å². The number of urea groups is 1. The molecule has 1 aromatic heterocycles. The van der Waals surface area contributed by atoms with Crippen LogP contribution in [0.3, 0.4) is 0 Å². The summed E-state index contributed by atoms with van der Waals surface area (Å²) in [7, 11) is 1.46. The fraction of sp³-hybridized carbons (Fsp3) is 0.455. The molecule has 0 radical (unpaired) electrons. The van der Waals surface area contributed by atoms with Crippen LogP contribution < -0.4 is 10.1 Å². The number of amides is 2. The number of hydrogen-bond donors (Lipinski definition) is 2. The molecule has 8 nitrogen and oxygen atoms in total. The monoisotopic (exact) mass is 298 g/mol. The molecule has 2 N–H and O–H groups in total. The van der Waals surface area contributed by atoms with Crippen LogP contribution in [0.1, 0.15) is 5.69 Å². The van der Waals surface area contributed by atoms with Crippen molar-refractivity contribution >= 4 is 29.7 Å². The highest BCUT2D eigenvalue weighted by Crippen LogP contribution is 2.22. The van der Waals surface area contributed by atoms with Crippen LogP contribution in [0.15, 0.2) is 6.07 Å². The summed E-state index contributed by atoms with van der Waals surface area (Å²) in [5.74, 6) is 0.103. The van der Waals surface area contributed by atoms with Gasteiger partial charge in [-0.05, 0) is 6.92 Å². The Kier molecular flexibility index (Phi) is 4.28. The Morgan fingerprint density at radius 2 is 2.30 bits per heavy atom. The molecule has 2 heterocycles. The molecule has 1 unspecified atom stereocenters. The summed E-state index contributed by atoms with van der Waals surface area (Å²) in [5.41, 5.74) is 0.637. The first-order valence-corrected chi connectivity index (χ1v) is 6.94. The van der Waals surface area contributed by atoms with Crippen molar-refractivity contribution in [1.82, 2.24) is 14.9 Å². The van der Waals surface area contributed by atoms with Crippen LogP contribution in [0.2, 0.25) is 0 Å². The van der Waals surface area contributed by atoms with Crippen LogP contribution in [0.4, 0.5) is 10.7 Å². The summed E-state index contributed by atoms with van der Waals surface area (Å²) in [4.78, 5) is 32.4. The highest BCUT2D eigenvalue weighted by atomic mass is 32.2. The molecule has 1 aliphatic rings. The molecule has 1 saturated heterocycles. The number of aryl methyl sites for hydroxylation is 1. The number of nitrogens with one attached hydrogen (secondary N) is 1. The van der Waals surface area contributed by atoms with Crippen molar-refractivity contribution in [2.75, 3.05) is 24.1 Å². The van der Waals surface area contributed by atoms with Gasteiger partial charge in [-0.3, -0.25) is 5.32 Å². The predicted molar refractivity (Wildman–Crippen MR) is 72.9 cm³/mol. The number of nitrogens with zero attached hydrogens (tertiary/aromatic N) is 3. The minimum atomic E-state index is -1.02. The number of carboxylic acid groups (broad SMARTS) is 1. The molecule has 1 aromatic rings. The number of ether oxygens (including phenoxy) is 1. The first-order valence-electron chi connectivity index (χ1n) is 5.79. The average Bonchev–Trinajstić information content (AvgIpc) is 2.87. The highest BCUT2D eigenvalue weighted by Gasteiger charge is 2.34. The summed E-state index contributed by atoms with van der Waals surface area (Å²) in [6.07, 6.45) is 0. The summed E-state index contributed by atoms with van der Waals surface area (Å²) in [6.45, 7) is 1.74. The fourth-order valence-corrected chi connectivity index (χ4v) is 2.86. The summed E-state index contributed by atoms with van der Waals surface area (Å²) in [6, 6.07) is 0.267. The number of aromatic nitrogens is 2. The van der Waals surface area contributed by atoms with Gasteiger partial charge in [0.25, 0.3) is 0 Å². The lowest BCUT2D eigenvalue weighted by Gasteiger charge is -2.20. The van der Waals surface area contributed by atoms with Crippen molar-refractivity contribution < 1.29 is 19.4 Å². The van der Waals surface area contributed by atoms with Crippen molar-refractivity contribution in [3.63, 3.8) is 0 Å². The Bertz CT molecular complexity index is 539. The third kappa shape index (κ3) is 3.10. The van der Waals surface area contributed by atoms with Gasteiger partial charge in [0.05, 0.1) is 13.0 Å². The number of carbonyl (C=O) groups excluding carboxylic acids is 1. The molecule has 0 saturated carbocycles. The highest BCUT2D eigenvalue weighted by molar-refractivity contribution is 7.99. The second-order valence-electron chi connectivity index (χ2n) is 4.13. The van der Waals surface area contributed by atoms with Gasteiger partial charge < -0.3 is 14.7 Å². The van der Waals surface area contributed by atoms with Crippen LogP contribution in [-0.2, 0) is 4.79 Å². The maximum Gasteiger partial charge on any atom is 0.327 e. The van der Waals surface area contributed by atoms with Gasteiger partial charge >= 0.3 is 12.0 Å². The van der Waals surface area contributed by atoms with E-state index < -0.39 is 18.0 Å². The summed E-state index contributed by atoms with van der Waals surface area (Å²) in [5, 5.41) is 11.5. The fourth-order valence-electron chi connectivity index (χ4n) is 1.71. The molecule has 2 rings (SSSR count). The van der Waals surface area contributed by atoms with E-state index in [1.807, 2.05) is 0 Å². The van der Waals surface area contributed by atoms with Crippen LogP contribution >= 0.6 is 11.8 Å². The normalized spacial score (nSPS) is 17.9. The van der Waals surface area contributed by atoms with E-state index in [1.165, 1.54) is 23.8 Å². The number of carboxylic acids is 1. The van der Waals surface area contributed by atoms with Crippen molar-refractivity contribution in [3.8, 4) is 5.88 Å². The van der Waals surface area contributed by atoms with E-state index in [2.05, 4.69) is 15.3 Å². The number of rotatable bonds is 3. The molecule has 0 aromatic carbocycles. The SMILES string of the molecule is COc1cc(C)nc(NC(=O)N2CSCC2C(=O)O)n1. The third-order valence-corrected chi connectivity index (χ3v) is 3.70. The summed E-state index contributed by atoms with van der Waals surface area (Å²) >= 11 is 1.39. The number of hydrogen-bond acceptors (Lipinski definition) is 6. The molecular formula is C11H14N4O4S. The van der Waals surface area contributed by atoms with Gasteiger partial charge in [0.2, 0.25) is 11.8 Å². The standard InChI is InChI=1S/C11H14N4O4S/c1-6-3-8(19-2)13-10(12-6)14-11(18)15-5-20-4-7(15)9(16)17/h3,7H,4-5H2,1-2H3,(H,16,17)(H,12,13,14,18). The van der Waals surface area contributed by atoms with Crippen molar-refractivity contribution in [2.24, 2.45) is 0 Å².